The quantitative estimate of drug-likeness (QED) is 0.0523. The number of anilines is 2. The zero-order chi connectivity index (χ0) is 48.1. The molecule has 68 heavy (non-hydrogen) atoms. The van der Waals surface area contributed by atoms with Gasteiger partial charge < -0.3 is 30.8 Å². The molecule has 2 aliphatic heterocycles. The molecule has 6 N–H and O–H groups in total. The van der Waals surface area contributed by atoms with Crippen LogP contribution in [-0.2, 0) is 10.0 Å². The summed E-state index contributed by atoms with van der Waals surface area (Å²) in [5.74, 6) is -2.06. The van der Waals surface area contributed by atoms with Crippen molar-refractivity contribution in [2.75, 3.05) is 42.9 Å². The molecule has 4 fully saturated rings. The lowest BCUT2D eigenvalue weighted by atomic mass is 9.70. The summed E-state index contributed by atoms with van der Waals surface area (Å²) >= 11 is 0. The van der Waals surface area contributed by atoms with E-state index < -0.39 is 48.8 Å². The number of piperidine rings is 1. The molecule has 5 aromatic rings. The number of rotatable bonds is 14. The summed E-state index contributed by atoms with van der Waals surface area (Å²) in [5, 5.41) is 25.6. The van der Waals surface area contributed by atoms with Crippen LogP contribution in [0.2, 0.25) is 0 Å². The van der Waals surface area contributed by atoms with Crippen molar-refractivity contribution < 1.29 is 37.2 Å². The van der Waals surface area contributed by atoms with Gasteiger partial charge in [0.1, 0.15) is 22.9 Å². The van der Waals surface area contributed by atoms with E-state index in [2.05, 4.69) is 63.2 Å². The molecule has 3 aromatic carbocycles. The Kier molecular flexibility index (Phi) is 12.7. The van der Waals surface area contributed by atoms with Crippen LogP contribution >= 0.6 is 0 Å². The van der Waals surface area contributed by atoms with Gasteiger partial charge in [-0.2, -0.15) is 0 Å². The van der Waals surface area contributed by atoms with Crippen LogP contribution in [0.15, 0.2) is 77.8 Å². The number of sulfonamides is 1. The monoisotopic (exact) mass is 950 g/mol. The molecule has 4 aliphatic rings. The van der Waals surface area contributed by atoms with Crippen LogP contribution in [0.1, 0.15) is 122 Å². The van der Waals surface area contributed by atoms with Gasteiger partial charge in [-0.05, 0) is 123 Å². The van der Waals surface area contributed by atoms with Crippen molar-refractivity contribution in [3.05, 3.63) is 111 Å². The highest BCUT2D eigenvalue weighted by molar-refractivity contribution is 7.90. The first-order valence-electron chi connectivity index (χ1n) is 23.6. The Balaban J connectivity index is 0.939. The highest BCUT2D eigenvalue weighted by Gasteiger charge is 2.49. The van der Waals surface area contributed by atoms with Crippen LogP contribution in [0.3, 0.4) is 0 Å². The van der Waals surface area contributed by atoms with Crippen LogP contribution in [0.4, 0.5) is 21.5 Å². The first-order valence-corrected chi connectivity index (χ1v) is 25.1. The lowest BCUT2D eigenvalue weighted by Gasteiger charge is -2.57. The number of hydrogen-bond donors (Lipinski definition) is 5. The molecule has 1 spiro atoms. The summed E-state index contributed by atoms with van der Waals surface area (Å²) < 4.78 is 50.7. The lowest BCUT2D eigenvalue weighted by molar-refractivity contribution is -0.384. The second kappa shape index (κ2) is 18.4. The fraction of sp³-hybridized carbons (Fsp3) is 0.460. The number of H-pyrrole nitrogens is 1. The normalized spacial score (nSPS) is 22.9. The van der Waals surface area contributed by atoms with E-state index in [0.717, 1.165) is 51.0 Å². The van der Waals surface area contributed by atoms with Crippen molar-refractivity contribution in [1.82, 2.24) is 19.6 Å². The number of nitro groups is 1. The number of halogens is 1. The number of carbonyl (C=O) groups is 2. The van der Waals surface area contributed by atoms with Gasteiger partial charge in [0.05, 0.1) is 26.4 Å². The standard InChI is InChI=1S/C50H59FN8O8S/c1-30(2)34-7-4-5-8-35(34)36-9-6-10-41(36)58-28-50(29-58)19-21-57(22-20-50)32-11-13-37(43(23-32)67-44-25-38-39(51)27-54-47(38)55-45(44)46(52)60)48(61)56-68(65,66)33-12-14-40(42(24-33)59(63)64)53-26-31-15-17-49(3,62)18-16-31/h4-5,7-8,11-14,23-25,27,30-31,36,41,53,62H,6,9-10,15-22,26,28-29H2,1-3H3,(H2,52,60)(H,54,55)(H,56,61)/t31-,36-,41-,49-/m1/s1. The minimum atomic E-state index is -4.71. The number of benzene rings is 3. The smallest absolute Gasteiger partial charge is 0.293 e. The summed E-state index contributed by atoms with van der Waals surface area (Å²) in [6.07, 6.45) is 9.20. The Morgan fingerprint density at radius 1 is 1.01 bits per heavy atom. The number of ether oxygens (including phenoxy) is 1. The SMILES string of the molecule is CC(C)c1ccccc1[C@H]1CCC[C@H]1N1CC2(CCN(c3ccc(C(=O)NS(=O)(=O)c4ccc(NC[C@H]5CC[C@](C)(O)CC5)c([N+](=O)[O-])c4)c(Oc4cc5c(F)c[nH]c5nc4C(N)=O)c3)CC2)C1. The molecule has 0 bridgehead atoms. The maximum absolute atomic E-state index is 14.8. The molecule has 0 radical (unpaired) electrons. The Labute approximate surface area is 395 Å². The maximum atomic E-state index is 14.8. The van der Waals surface area contributed by atoms with Crippen molar-refractivity contribution in [1.29, 1.82) is 0 Å². The van der Waals surface area contributed by atoms with E-state index in [1.165, 1.54) is 54.7 Å². The Morgan fingerprint density at radius 2 is 1.75 bits per heavy atom. The number of amides is 2. The van der Waals surface area contributed by atoms with Crippen molar-refractivity contribution >= 4 is 49.9 Å². The van der Waals surface area contributed by atoms with Gasteiger partial charge in [-0.1, -0.05) is 44.5 Å². The molecule has 2 aromatic heterocycles. The number of fused-ring (bicyclic) bond motifs is 1. The molecule has 2 aliphatic carbocycles. The number of hydrogen-bond acceptors (Lipinski definition) is 12. The van der Waals surface area contributed by atoms with Gasteiger partial charge in [-0.15, -0.1) is 0 Å². The summed E-state index contributed by atoms with van der Waals surface area (Å²) in [5.41, 5.74) is 7.78. The number of carbonyl (C=O) groups excluding carboxylic acids is 2. The third kappa shape index (κ3) is 9.50. The number of pyridine rings is 1. The molecule has 2 atom stereocenters. The zero-order valence-electron chi connectivity index (χ0n) is 38.6. The van der Waals surface area contributed by atoms with E-state index in [-0.39, 0.29) is 50.8 Å². The Morgan fingerprint density at radius 3 is 2.46 bits per heavy atom. The average Bonchev–Trinajstić information content (AvgIpc) is 3.93. The fourth-order valence-corrected chi connectivity index (χ4v) is 12.0. The number of nitrogens with one attached hydrogen (secondary N) is 3. The van der Waals surface area contributed by atoms with Crippen LogP contribution in [0.5, 0.6) is 11.5 Å². The van der Waals surface area contributed by atoms with E-state index >= 15 is 0 Å². The molecule has 2 saturated heterocycles. The van der Waals surface area contributed by atoms with E-state index in [4.69, 9.17) is 10.5 Å². The minimum absolute atomic E-state index is 0.00919. The number of aliphatic hydroxyl groups is 1. The van der Waals surface area contributed by atoms with Crippen molar-refractivity contribution in [2.45, 2.75) is 107 Å². The summed E-state index contributed by atoms with van der Waals surface area (Å²) in [6, 6.07) is 18.7. The van der Waals surface area contributed by atoms with Gasteiger partial charge in [0.25, 0.3) is 27.5 Å². The van der Waals surface area contributed by atoms with Crippen molar-refractivity contribution in [3.8, 4) is 11.5 Å². The topological polar surface area (TPSA) is 226 Å². The third-order valence-electron chi connectivity index (χ3n) is 14.9. The zero-order valence-corrected chi connectivity index (χ0v) is 39.4. The number of primary amides is 1. The third-order valence-corrected chi connectivity index (χ3v) is 16.3. The van der Waals surface area contributed by atoms with Gasteiger partial charge in [0.15, 0.2) is 11.4 Å². The average molecular weight is 951 g/mol. The van der Waals surface area contributed by atoms with E-state index in [1.807, 2.05) is 4.72 Å². The van der Waals surface area contributed by atoms with Crippen LogP contribution in [0.25, 0.3) is 11.0 Å². The Bertz CT molecular complexity index is 2860. The van der Waals surface area contributed by atoms with Crippen molar-refractivity contribution in [3.63, 3.8) is 0 Å². The summed E-state index contributed by atoms with van der Waals surface area (Å²) in [7, 11) is -4.71. The van der Waals surface area contributed by atoms with Gasteiger partial charge in [-0.3, -0.25) is 24.6 Å². The fourth-order valence-electron chi connectivity index (χ4n) is 11.0. The lowest BCUT2D eigenvalue weighted by Crippen LogP contribution is -2.63. The second-order valence-corrected chi connectivity index (χ2v) is 21.7. The van der Waals surface area contributed by atoms with Crippen molar-refractivity contribution in [2.24, 2.45) is 17.1 Å². The number of likely N-dealkylation sites (tertiary alicyclic amines) is 1. The molecule has 2 saturated carbocycles. The van der Waals surface area contributed by atoms with Gasteiger partial charge in [0.2, 0.25) is 0 Å². The van der Waals surface area contributed by atoms with E-state index in [1.54, 1.807) is 19.1 Å². The highest BCUT2D eigenvalue weighted by Crippen LogP contribution is 2.49. The number of nitrogens with zero attached hydrogens (tertiary/aromatic N) is 4. The summed E-state index contributed by atoms with van der Waals surface area (Å²) in [6.45, 7) is 10.2. The predicted octanol–water partition coefficient (Wildman–Crippen LogP) is 8.34. The van der Waals surface area contributed by atoms with E-state index in [0.29, 0.717) is 56.0 Å². The van der Waals surface area contributed by atoms with Gasteiger partial charge in [0, 0.05) is 62.8 Å². The largest absolute Gasteiger partial charge is 0.454 e. The Hall–Kier alpha value is -6.11. The number of nitrogens with two attached hydrogens (primary N) is 1. The van der Waals surface area contributed by atoms with Crippen LogP contribution in [0, 0.1) is 27.3 Å². The second-order valence-electron chi connectivity index (χ2n) is 20.0. The number of aromatic amines is 1. The molecule has 16 nitrogen and oxygen atoms in total. The number of aromatic nitrogens is 2. The molecular formula is C50H59FN8O8S. The minimum Gasteiger partial charge on any atom is -0.454 e. The van der Waals surface area contributed by atoms with Crippen LogP contribution < -0.4 is 25.4 Å². The number of nitro benzene ring substituents is 1. The van der Waals surface area contributed by atoms with Crippen LogP contribution in [-0.4, -0.2) is 89.5 Å². The molecule has 9 rings (SSSR count). The molecular weight excluding hydrogens is 892 g/mol. The first-order chi connectivity index (χ1) is 32.4. The molecule has 360 valence electrons. The highest BCUT2D eigenvalue weighted by atomic mass is 32.2. The molecule has 4 heterocycles. The predicted molar refractivity (Wildman–Crippen MR) is 256 cm³/mol. The molecule has 2 amide bonds. The maximum Gasteiger partial charge on any atom is 0.293 e. The first kappa shape index (κ1) is 47.0. The molecule has 0 unspecified atom stereocenters. The van der Waals surface area contributed by atoms with Gasteiger partial charge in [-0.25, -0.2) is 22.5 Å². The summed E-state index contributed by atoms with van der Waals surface area (Å²) in [4.78, 5) is 49.4. The van der Waals surface area contributed by atoms with E-state index in [9.17, 15) is 37.6 Å². The molecule has 18 heteroatoms. The van der Waals surface area contributed by atoms with Gasteiger partial charge >= 0.3 is 0 Å².